The Bertz CT molecular complexity index is 1290. The van der Waals surface area contributed by atoms with Gasteiger partial charge in [0, 0.05) is 11.3 Å². The Hall–Kier alpha value is -3.48. The summed E-state index contributed by atoms with van der Waals surface area (Å²) >= 11 is 3.56. The molecule has 3 amide bonds. The number of anilines is 1. The number of thioether (sulfide) groups is 2. The molecule has 34 heavy (non-hydrogen) atoms. The van der Waals surface area contributed by atoms with Crippen molar-refractivity contribution in [1.29, 1.82) is 0 Å². The second kappa shape index (κ2) is 10.6. The molecule has 9 nitrogen and oxygen atoms in total. The van der Waals surface area contributed by atoms with Crippen molar-refractivity contribution in [3.8, 4) is 0 Å². The lowest BCUT2D eigenvalue weighted by Crippen LogP contribution is -2.17. The Labute approximate surface area is 206 Å². The van der Waals surface area contributed by atoms with Gasteiger partial charge in [-0.25, -0.2) is 4.79 Å². The summed E-state index contributed by atoms with van der Waals surface area (Å²) < 4.78 is 5.38. The molecule has 1 fully saturated rings. The van der Waals surface area contributed by atoms with Gasteiger partial charge in [-0.3, -0.25) is 25.0 Å². The SMILES string of the molecule is COC(=O)c1ccc(CSc2nnc(NC(=O)c3ccc(/C=C4/SC(=O)NC4=O)cc3)s2)cc1. The molecular weight excluding hydrogens is 496 g/mol. The van der Waals surface area contributed by atoms with Crippen LogP contribution in [0.1, 0.15) is 31.8 Å². The molecule has 2 aromatic carbocycles. The number of methoxy groups -OCH3 is 1. The minimum absolute atomic E-state index is 0.306. The van der Waals surface area contributed by atoms with Gasteiger partial charge in [0.1, 0.15) is 0 Å². The maximum atomic E-state index is 12.5. The van der Waals surface area contributed by atoms with E-state index in [-0.39, 0.29) is 11.9 Å². The Morgan fingerprint density at radius 1 is 1.06 bits per heavy atom. The van der Waals surface area contributed by atoms with Crippen LogP contribution in [0.5, 0.6) is 0 Å². The van der Waals surface area contributed by atoms with Gasteiger partial charge in [-0.05, 0) is 53.2 Å². The van der Waals surface area contributed by atoms with Gasteiger partial charge in [0.05, 0.1) is 17.6 Å². The first kappa shape index (κ1) is 23.7. The highest BCUT2D eigenvalue weighted by atomic mass is 32.2. The summed E-state index contributed by atoms with van der Waals surface area (Å²) in [6.45, 7) is 0. The summed E-state index contributed by atoms with van der Waals surface area (Å²) in [5.74, 6) is -0.524. The standard InChI is InChI=1S/C22H16N4O5S3/c1-31-19(29)15-8-4-13(5-9-15)11-32-22-26-25-20(34-22)23-17(27)14-6-2-12(3-7-14)10-16-18(28)24-21(30)33-16/h2-10H,11H2,1H3,(H,23,25,27)(H,24,28,30)/b16-10+. The number of imide groups is 1. The third kappa shape index (κ3) is 5.90. The van der Waals surface area contributed by atoms with Crippen LogP contribution in [0.3, 0.4) is 0 Å². The maximum Gasteiger partial charge on any atom is 0.337 e. The van der Waals surface area contributed by atoms with E-state index < -0.39 is 11.1 Å². The molecule has 0 unspecified atom stereocenters. The molecule has 0 radical (unpaired) electrons. The first-order valence-electron chi connectivity index (χ1n) is 9.71. The van der Waals surface area contributed by atoms with Crippen molar-refractivity contribution >= 4 is 69.1 Å². The maximum absolute atomic E-state index is 12.5. The lowest BCUT2D eigenvalue weighted by molar-refractivity contribution is -0.115. The smallest absolute Gasteiger partial charge is 0.337 e. The average molecular weight is 513 g/mol. The first-order valence-corrected chi connectivity index (χ1v) is 12.3. The van der Waals surface area contributed by atoms with E-state index in [2.05, 4.69) is 25.6 Å². The van der Waals surface area contributed by atoms with Gasteiger partial charge in [0.2, 0.25) is 5.13 Å². The zero-order valence-electron chi connectivity index (χ0n) is 17.6. The zero-order chi connectivity index (χ0) is 24.1. The predicted molar refractivity (Wildman–Crippen MR) is 131 cm³/mol. The number of amides is 3. The van der Waals surface area contributed by atoms with E-state index in [0.717, 1.165) is 17.3 Å². The molecule has 4 rings (SSSR count). The molecule has 0 spiro atoms. The third-order valence-electron chi connectivity index (χ3n) is 4.48. The van der Waals surface area contributed by atoms with Gasteiger partial charge in [-0.15, -0.1) is 10.2 Å². The fourth-order valence-electron chi connectivity index (χ4n) is 2.79. The van der Waals surface area contributed by atoms with Crippen molar-refractivity contribution < 1.29 is 23.9 Å². The highest BCUT2D eigenvalue weighted by Crippen LogP contribution is 2.29. The Morgan fingerprint density at radius 3 is 2.41 bits per heavy atom. The Balaban J connectivity index is 1.31. The van der Waals surface area contributed by atoms with E-state index in [1.807, 2.05) is 12.1 Å². The van der Waals surface area contributed by atoms with E-state index >= 15 is 0 Å². The number of nitrogens with zero attached hydrogens (tertiary/aromatic N) is 2. The van der Waals surface area contributed by atoms with Gasteiger partial charge in [-0.2, -0.15) is 0 Å². The summed E-state index contributed by atoms with van der Waals surface area (Å²) in [7, 11) is 1.34. The van der Waals surface area contributed by atoms with Gasteiger partial charge >= 0.3 is 5.97 Å². The minimum atomic E-state index is -0.431. The van der Waals surface area contributed by atoms with Crippen molar-refractivity contribution in [3.63, 3.8) is 0 Å². The predicted octanol–water partition coefficient (Wildman–Crippen LogP) is 4.19. The molecule has 2 heterocycles. The largest absolute Gasteiger partial charge is 0.465 e. The fraction of sp³-hybridized carbons (Fsp3) is 0.0909. The molecule has 0 aliphatic carbocycles. The number of aromatic nitrogens is 2. The van der Waals surface area contributed by atoms with Gasteiger partial charge < -0.3 is 4.74 Å². The molecule has 12 heteroatoms. The normalized spacial score (nSPS) is 14.2. The molecule has 1 aliphatic heterocycles. The summed E-state index contributed by atoms with van der Waals surface area (Å²) in [4.78, 5) is 47.2. The van der Waals surface area contributed by atoms with Crippen LogP contribution in [0.25, 0.3) is 6.08 Å². The number of esters is 1. The molecule has 0 bridgehead atoms. The van der Waals surface area contributed by atoms with E-state index in [0.29, 0.717) is 36.8 Å². The van der Waals surface area contributed by atoms with E-state index in [4.69, 9.17) is 0 Å². The van der Waals surface area contributed by atoms with Crippen molar-refractivity contribution in [3.05, 3.63) is 75.7 Å². The van der Waals surface area contributed by atoms with Crippen LogP contribution in [0.15, 0.2) is 57.8 Å². The summed E-state index contributed by atoms with van der Waals surface area (Å²) in [6, 6.07) is 13.7. The van der Waals surface area contributed by atoms with Crippen molar-refractivity contribution in [1.82, 2.24) is 15.5 Å². The molecule has 1 aliphatic rings. The average Bonchev–Trinajstić information content (AvgIpc) is 3.42. The molecular formula is C22H16N4O5S3. The number of carbonyl (C=O) groups excluding carboxylic acids is 4. The van der Waals surface area contributed by atoms with E-state index in [1.54, 1.807) is 42.5 Å². The number of hydrogen-bond donors (Lipinski definition) is 2. The summed E-state index contributed by atoms with van der Waals surface area (Å²) in [5.41, 5.74) is 2.60. The van der Waals surface area contributed by atoms with Crippen LogP contribution < -0.4 is 10.6 Å². The molecule has 2 N–H and O–H groups in total. The molecule has 3 aromatic rings. The lowest BCUT2D eigenvalue weighted by atomic mass is 10.1. The van der Waals surface area contributed by atoms with Crippen LogP contribution >= 0.6 is 34.9 Å². The van der Waals surface area contributed by atoms with E-state index in [1.165, 1.54) is 30.2 Å². The second-order valence-electron chi connectivity index (χ2n) is 6.78. The Kier molecular flexibility index (Phi) is 7.40. The number of ether oxygens (including phenoxy) is 1. The van der Waals surface area contributed by atoms with Gasteiger partial charge in [0.25, 0.3) is 17.1 Å². The monoisotopic (exact) mass is 512 g/mol. The summed E-state index contributed by atoms with van der Waals surface area (Å²) in [5, 5.41) is 13.0. The van der Waals surface area contributed by atoms with Crippen LogP contribution in [-0.4, -0.2) is 40.3 Å². The lowest BCUT2D eigenvalue weighted by Gasteiger charge is -2.02. The van der Waals surface area contributed by atoms with Crippen LogP contribution in [-0.2, 0) is 15.3 Å². The van der Waals surface area contributed by atoms with Crippen molar-refractivity contribution in [2.75, 3.05) is 12.4 Å². The number of nitrogens with one attached hydrogen (secondary N) is 2. The van der Waals surface area contributed by atoms with Gasteiger partial charge in [0.15, 0.2) is 4.34 Å². The Morgan fingerprint density at radius 2 is 1.76 bits per heavy atom. The third-order valence-corrected chi connectivity index (χ3v) is 7.33. The van der Waals surface area contributed by atoms with Crippen molar-refractivity contribution in [2.45, 2.75) is 10.1 Å². The molecule has 1 saturated heterocycles. The highest BCUT2D eigenvalue weighted by molar-refractivity contribution is 8.18. The van der Waals surface area contributed by atoms with Crippen LogP contribution in [0.4, 0.5) is 9.93 Å². The highest BCUT2D eigenvalue weighted by Gasteiger charge is 2.24. The van der Waals surface area contributed by atoms with Gasteiger partial charge in [-0.1, -0.05) is 47.4 Å². The second-order valence-corrected chi connectivity index (χ2v) is 9.99. The quantitative estimate of drug-likeness (QED) is 0.207. The van der Waals surface area contributed by atoms with E-state index in [9.17, 15) is 19.2 Å². The first-order chi connectivity index (χ1) is 16.4. The molecule has 172 valence electrons. The number of rotatable bonds is 7. The fourth-order valence-corrected chi connectivity index (χ4v) is 5.18. The number of hydrogen-bond acceptors (Lipinski definition) is 10. The zero-order valence-corrected chi connectivity index (χ0v) is 20.0. The van der Waals surface area contributed by atoms with Crippen LogP contribution in [0.2, 0.25) is 0 Å². The minimum Gasteiger partial charge on any atom is -0.465 e. The van der Waals surface area contributed by atoms with Crippen molar-refractivity contribution in [2.24, 2.45) is 0 Å². The van der Waals surface area contributed by atoms with Crippen LogP contribution in [0, 0.1) is 0 Å². The molecule has 0 atom stereocenters. The number of carbonyl (C=O) groups is 4. The number of benzene rings is 2. The topological polar surface area (TPSA) is 127 Å². The molecule has 1 aromatic heterocycles. The molecule has 0 saturated carbocycles. The summed E-state index contributed by atoms with van der Waals surface area (Å²) in [6.07, 6.45) is 1.59.